The van der Waals surface area contributed by atoms with E-state index in [-0.39, 0.29) is 58.0 Å². The Morgan fingerprint density at radius 1 is 0.866 bits per heavy atom. The number of likely N-dealkylation sites (N-methyl/N-ethyl adjacent to an activating group) is 1. The first kappa shape index (κ1) is 53.1. The van der Waals surface area contributed by atoms with E-state index in [1.807, 2.05) is 25.1 Å². The van der Waals surface area contributed by atoms with Crippen molar-refractivity contribution in [1.82, 2.24) is 31.5 Å². The summed E-state index contributed by atoms with van der Waals surface area (Å²) >= 11 is 0. The van der Waals surface area contributed by atoms with Crippen LogP contribution in [0.3, 0.4) is 0 Å². The van der Waals surface area contributed by atoms with Gasteiger partial charge in [0.1, 0.15) is 55.4 Å². The first-order chi connectivity index (χ1) is 32.3. The van der Waals surface area contributed by atoms with Crippen LogP contribution in [0.25, 0.3) is 11.1 Å². The quantitative estimate of drug-likeness (QED) is 0.0534. The van der Waals surface area contributed by atoms with Crippen LogP contribution in [0.5, 0.6) is 11.5 Å². The van der Waals surface area contributed by atoms with Gasteiger partial charge in [-0.25, -0.2) is 0 Å². The molecule has 4 atom stereocenters. The lowest BCUT2D eigenvalue weighted by Gasteiger charge is -2.33. The second-order valence-corrected chi connectivity index (χ2v) is 16.8. The molecule has 0 radical (unpaired) electrons. The highest BCUT2D eigenvalue weighted by molar-refractivity contribution is 6.00. The lowest BCUT2D eigenvalue weighted by molar-refractivity contribution is -0.142. The molecule has 4 bridgehead atoms. The summed E-state index contributed by atoms with van der Waals surface area (Å²) in [5.41, 5.74) is 15.8. The molecular weight excluding hydrogens is 855 g/mol. The third-order valence-electron chi connectivity index (χ3n) is 11.5. The van der Waals surface area contributed by atoms with Crippen LogP contribution in [0, 0.1) is 18.3 Å². The molecule has 4 unspecified atom stereocenters. The van der Waals surface area contributed by atoms with Crippen LogP contribution in [0.2, 0.25) is 0 Å². The number of ether oxygens (including phenoxy) is 2. The standard InChI is InChI=1S/C50H69N9O8/c1-6-8-9-10-11-12-13-34-14-17-37(32(3)28-34)47(62)57-40(18-21-44(60)54-7-2)50(65)59(5)45-36-16-20-43(67-27-24-53)39(31-36)38-29-35(15-19-42(38)66-26-23-52)30-41(48(63)55-25-22-51)58-46(61)33(4)56-49(45)64/h14-17,19-20,28-29,31,33,40-41,45H,6-13,18,21,23-27,30,52-53H2,1-5H3,(H,54,60)(H,55,63)(H,56,64)(H,57,62)(H,58,61). The van der Waals surface area contributed by atoms with E-state index in [9.17, 15) is 34.0 Å². The molecule has 0 fully saturated rings. The van der Waals surface area contributed by atoms with E-state index in [0.29, 0.717) is 45.9 Å². The summed E-state index contributed by atoms with van der Waals surface area (Å²) in [5.74, 6) is -2.85. The predicted octanol–water partition coefficient (Wildman–Crippen LogP) is 3.64. The maximum absolute atomic E-state index is 14.9. The number of unbranched alkanes of at least 4 members (excludes halogenated alkanes) is 5. The summed E-state index contributed by atoms with van der Waals surface area (Å²) in [5, 5.41) is 22.7. The molecule has 1 heterocycles. The number of nitrogens with zero attached hydrogens (tertiary/aromatic N) is 2. The zero-order valence-electron chi connectivity index (χ0n) is 39.6. The SMILES string of the molecule is CCCCCCCCc1ccc(C(=O)NC(CCC(=O)NCC)C(=O)N(C)C2C(=O)NC(C)C(=O)NC(C(=O)NCC#N)Cc3ccc(OCCN)c(c3)-c3cc2ccc3OCCN)c(C)c1. The van der Waals surface area contributed by atoms with Gasteiger partial charge in [-0.15, -0.1) is 0 Å². The molecular formula is C50H69N9O8. The molecule has 67 heavy (non-hydrogen) atoms. The minimum Gasteiger partial charge on any atom is -0.492 e. The normalized spacial score (nSPS) is 16.2. The zero-order valence-corrected chi connectivity index (χ0v) is 39.6. The number of nitrogens with two attached hydrogens (primary N) is 2. The number of aryl methyl sites for hydroxylation is 2. The second kappa shape index (κ2) is 27.2. The Morgan fingerprint density at radius 3 is 2.19 bits per heavy atom. The van der Waals surface area contributed by atoms with Gasteiger partial charge in [0.15, 0.2) is 0 Å². The van der Waals surface area contributed by atoms with Gasteiger partial charge in [-0.2, -0.15) is 5.26 Å². The highest BCUT2D eigenvalue weighted by Crippen LogP contribution is 2.40. The van der Waals surface area contributed by atoms with Crippen molar-refractivity contribution in [2.75, 3.05) is 46.4 Å². The number of fused-ring (bicyclic) bond motifs is 5. The number of nitriles is 1. The number of rotatable bonds is 23. The number of hydrogen-bond donors (Lipinski definition) is 7. The Balaban J connectivity index is 1.81. The third kappa shape index (κ3) is 15.5. The van der Waals surface area contributed by atoms with Crippen LogP contribution < -0.4 is 47.5 Å². The first-order valence-electron chi connectivity index (χ1n) is 23.4. The van der Waals surface area contributed by atoms with E-state index >= 15 is 0 Å². The fraction of sp³-hybridized carbons (Fsp3) is 0.500. The van der Waals surface area contributed by atoms with Crippen LogP contribution in [0.1, 0.15) is 111 Å². The number of nitrogens with one attached hydrogen (secondary N) is 5. The summed E-state index contributed by atoms with van der Waals surface area (Å²) in [7, 11) is 1.42. The van der Waals surface area contributed by atoms with E-state index in [0.717, 1.165) is 30.4 Å². The van der Waals surface area contributed by atoms with Crippen molar-refractivity contribution in [2.45, 2.75) is 116 Å². The van der Waals surface area contributed by atoms with Gasteiger partial charge >= 0.3 is 0 Å². The molecule has 3 aromatic rings. The van der Waals surface area contributed by atoms with Gasteiger partial charge in [-0.1, -0.05) is 63.3 Å². The third-order valence-corrected chi connectivity index (χ3v) is 11.5. The highest BCUT2D eigenvalue weighted by Gasteiger charge is 2.36. The molecule has 0 aliphatic carbocycles. The van der Waals surface area contributed by atoms with Gasteiger partial charge in [0, 0.05) is 56.2 Å². The Bertz CT molecular complexity index is 2230. The van der Waals surface area contributed by atoms with Crippen LogP contribution in [0.4, 0.5) is 0 Å². The van der Waals surface area contributed by atoms with Crippen molar-refractivity contribution in [3.8, 4) is 28.7 Å². The topological polar surface area (TPSA) is 260 Å². The summed E-state index contributed by atoms with van der Waals surface area (Å²) in [6.45, 7) is 7.96. The molecule has 1 aliphatic rings. The van der Waals surface area contributed by atoms with Gasteiger partial charge in [0.05, 0.1) is 6.07 Å². The van der Waals surface area contributed by atoms with Crippen molar-refractivity contribution in [3.05, 3.63) is 82.4 Å². The van der Waals surface area contributed by atoms with Crippen molar-refractivity contribution in [2.24, 2.45) is 11.5 Å². The molecule has 9 N–H and O–H groups in total. The van der Waals surface area contributed by atoms with E-state index in [2.05, 4.69) is 33.5 Å². The van der Waals surface area contributed by atoms with Crippen LogP contribution in [0.15, 0.2) is 54.6 Å². The summed E-state index contributed by atoms with van der Waals surface area (Å²) < 4.78 is 12.2. The summed E-state index contributed by atoms with van der Waals surface area (Å²) in [6.07, 6.45) is 7.67. The monoisotopic (exact) mass is 924 g/mol. The zero-order chi connectivity index (χ0) is 48.9. The van der Waals surface area contributed by atoms with Crippen molar-refractivity contribution >= 4 is 35.4 Å². The molecule has 0 saturated heterocycles. The number of hydrogen-bond acceptors (Lipinski definition) is 11. The summed E-state index contributed by atoms with van der Waals surface area (Å²) in [6, 6.07) is 12.6. The molecule has 4 rings (SSSR count). The number of carbonyl (C=O) groups is 6. The number of carbonyl (C=O) groups excluding carboxylic acids is 6. The number of benzene rings is 3. The predicted molar refractivity (Wildman–Crippen MR) is 256 cm³/mol. The van der Waals surface area contributed by atoms with Crippen LogP contribution in [-0.4, -0.2) is 105 Å². The fourth-order valence-electron chi connectivity index (χ4n) is 8.01. The maximum atomic E-state index is 14.9. The fourth-order valence-corrected chi connectivity index (χ4v) is 8.01. The lowest BCUT2D eigenvalue weighted by Crippen LogP contribution is -2.56. The lowest BCUT2D eigenvalue weighted by atomic mass is 9.93. The van der Waals surface area contributed by atoms with E-state index in [1.54, 1.807) is 49.4 Å². The van der Waals surface area contributed by atoms with Crippen molar-refractivity contribution in [3.63, 3.8) is 0 Å². The van der Waals surface area contributed by atoms with Crippen molar-refractivity contribution < 1.29 is 38.2 Å². The molecule has 0 saturated carbocycles. The molecule has 0 aromatic heterocycles. The second-order valence-electron chi connectivity index (χ2n) is 16.8. The first-order valence-corrected chi connectivity index (χ1v) is 23.4. The Hall–Kier alpha value is -6.51. The molecule has 3 aromatic carbocycles. The number of amides is 6. The average Bonchev–Trinajstić information content (AvgIpc) is 3.31. The Kier molecular flexibility index (Phi) is 21.6. The average molecular weight is 924 g/mol. The molecule has 362 valence electrons. The highest BCUT2D eigenvalue weighted by atomic mass is 16.5. The minimum atomic E-state index is -1.42. The molecule has 0 spiro atoms. The van der Waals surface area contributed by atoms with Crippen molar-refractivity contribution in [1.29, 1.82) is 5.26 Å². The Labute approximate surface area is 394 Å². The smallest absolute Gasteiger partial charge is 0.252 e. The largest absolute Gasteiger partial charge is 0.492 e. The maximum Gasteiger partial charge on any atom is 0.252 e. The van der Waals surface area contributed by atoms with Gasteiger partial charge in [0.2, 0.25) is 29.5 Å². The molecule has 17 nitrogen and oxygen atoms in total. The molecule has 1 aliphatic heterocycles. The molecule has 6 amide bonds. The van der Waals surface area contributed by atoms with Crippen LogP contribution >= 0.6 is 0 Å². The van der Waals surface area contributed by atoms with Crippen LogP contribution in [-0.2, 0) is 36.8 Å². The minimum absolute atomic E-state index is 0.00136. The van der Waals surface area contributed by atoms with Gasteiger partial charge in [-0.3, -0.25) is 28.8 Å². The van der Waals surface area contributed by atoms with E-state index < -0.39 is 53.7 Å². The van der Waals surface area contributed by atoms with E-state index in [4.69, 9.17) is 20.9 Å². The van der Waals surface area contributed by atoms with Gasteiger partial charge in [-0.05, 0) is 92.6 Å². The van der Waals surface area contributed by atoms with Gasteiger partial charge < -0.3 is 52.4 Å². The van der Waals surface area contributed by atoms with E-state index in [1.165, 1.54) is 44.6 Å². The Morgan fingerprint density at radius 2 is 1.54 bits per heavy atom. The molecule has 17 heteroatoms. The van der Waals surface area contributed by atoms with Gasteiger partial charge in [0.25, 0.3) is 5.91 Å². The summed E-state index contributed by atoms with van der Waals surface area (Å²) in [4.78, 5) is 84.8.